The molecule has 0 saturated carbocycles. The SMILES string of the molecule is CCNc1nc(-c2cscn2)nc2sccc12. The number of nitrogens with one attached hydrogen (secondary N) is 1. The van der Waals surface area contributed by atoms with E-state index in [1.54, 1.807) is 28.2 Å². The Hall–Kier alpha value is -1.53. The lowest BCUT2D eigenvalue weighted by molar-refractivity contribution is 1.14. The summed E-state index contributed by atoms with van der Waals surface area (Å²) in [6.07, 6.45) is 0. The molecule has 0 amide bonds. The monoisotopic (exact) mass is 262 g/mol. The molecule has 0 aromatic carbocycles. The van der Waals surface area contributed by atoms with Crippen molar-refractivity contribution in [2.45, 2.75) is 6.92 Å². The Morgan fingerprint density at radius 2 is 2.29 bits per heavy atom. The van der Waals surface area contributed by atoms with E-state index in [0.29, 0.717) is 5.82 Å². The number of anilines is 1. The van der Waals surface area contributed by atoms with Gasteiger partial charge in [0.05, 0.1) is 10.9 Å². The van der Waals surface area contributed by atoms with Crippen molar-refractivity contribution in [1.29, 1.82) is 0 Å². The average Bonchev–Trinajstić information content (AvgIpc) is 3.00. The highest BCUT2D eigenvalue weighted by Crippen LogP contribution is 2.28. The van der Waals surface area contributed by atoms with Crippen LogP contribution in [0.25, 0.3) is 21.7 Å². The highest BCUT2D eigenvalue weighted by Gasteiger charge is 2.10. The van der Waals surface area contributed by atoms with Gasteiger partial charge in [-0.1, -0.05) is 0 Å². The molecule has 4 nitrogen and oxygen atoms in total. The van der Waals surface area contributed by atoms with Crippen LogP contribution in [0.4, 0.5) is 5.82 Å². The van der Waals surface area contributed by atoms with Crippen molar-refractivity contribution in [3.8, 4) is 11.5 Å². The number of fused-ring (bicyclic) bond motifs is 1. The van der Waals surface area contributed by atoms with Crippen LogP contribution in [-0.4, -0.2) is 21.5 Å². The zero-order chi connectivity index (χ0) is 11.7. The van der Waals surface area contributed by atoms with Crippen molar-refractivity contribution in [2.75, 3.05) is 11.9 Å². The second-order valence-electron chi connectivity index (χ2n) is 3.44. The molecule has 0 spiro atoms. The normalized spacial score (nSPS) is 10.9. The van der Waals surface area contributed by atoms with Gasteiger partial charge in [-0.15, -0.1) is 22.7 Å². The molecule has 1 N–H and O–H groups in total. The van der Waals surface area contributed by atoms with Crippen LogP contribution in [0.5, 0.6) is 0 Å². The van der Waals surface area contributed by atoms with E-state index in [9.17, 15) is 0 Å². The summed E-state index contributed by atoms with van der Waals surface area (Å²) in [7, 11) is 0. The zero-order valence-corrected chi connectivity index (χ0v) is 10.8. The molecule has 0 atom stereocenters. The fraction of sp³-hybridized carbons (Fsp3) is 0.182. The van der Waals surface area contributed by atoms with E-state index in [1.807, 2.05) is 16.8 Å². The molecule has 0 aliphatic rings. The second-order valence-corrected chi connectivity index (χ2v) is 5.05. The number of rotatable bonds is 3. The topological polar surface area (TPSA) is 50.7 Å². The highest BCUT2D eigenvalue weighted by atomic mass is 32.1. The third-order valence-corrected chi connectivity index (χ3v) is 3.72. The molecule has 3 rings (SSSR count). The maximum atomic E-state index is 4.53. The minimum Gasteiger partial charge on any atom is -0.370 e. The van der Waals surface area contributed by atoms with Crippen molar-refractivity contribution < 1.29 is 0 Å². The predicted octanol–water partition coefficient (Wildman–Crippen LogP) is 3.25. The zero-order valence-electron chi connectivity index (χ0n) is 9.17. The molecule has 3 aromatic heterocycles. The first-order valence-electron chi connectivity index (χ1n) is 5.26. The van der Waals surface area contributed by atoms with E-state index in [4.69, 9.17) is 0 Å². The number of hydrogen-bond donors (Lipinski definition) is 1. The van der Waals surface area contributed by atoms with Crippen LogP contribution in [0.2, 0.25) is 0 Å². The molecule has 0 bridgehead atoms. The second kappa shape index (κ2) is 4.38. The van der Waals surface area contributed by atoms with Crippen molar-refractivity contribution in [3.05, 3.63) is 22.3 Å². The number of aromatic nitrogens is 3. The van der Waals surface area contributed by atoms with Crippen molar-refractivity contribution in [3.63, 3.8) is 0 Å². The number of hydrogen-bond acceptors (Lipinski definition) is 6. The van der Waals surface area contributed by atoms with Crippen LogP contribution < -0.4 is 5.32 Å². The highest BCUT2D eigenvalue weighted by molar-refractivity contribution is 7.16. The Morgan fingerprint density at radius 1 is 1.35 bits per heavy atom. The van der Waals surface area contributed by atoms with E-state index in [1.165, 1.54) is 0 Å². The summed E-state index contributed by atoms with van der Waals surface area (Å²) in [5.74, 6) is 1.58. The molecule has 0 unspecified atom stereocenters. The lowest BCUT2D eigenvalue weighted by Gasteiger charge is -2.05. The van der Waals surface area contributed by atoms with E-state index >= 15 is 0 Å². The van der Waals surface area contributed by atoms with Gasteiger partial charge in [0, 0.05) is 11.9 Å². The van der Waals surface area contributed by atoms with Crippen LogP contribution >= 0.6 is 22.7 Å². The smallest absolute Gasteiger partial charge is 0.182 e. The van der Waals surface area contributed by atoms with E-state index in [-0.39, 0.29) is 0 Å². The lowest BCUT2D eigenvalue weighted by atomic mass is 10.3. The lowest BCUT2D eigenvalue weighted by Crippen LogP contribution is -2.01. The van der Waals surface area contributed by atoms with Gasteiger partial charge < -0.3 is 5.32 Å². The number of nitrogens with zero attached hydrogens (tertiary/aromatic N) is 3. The predicted molar refractivity (Wildman–Crippen MR) is 72.7 cm³/mol. The van der Waals surface area contributed by atoms with Crippen molar-refractivity contribution >= 4 is 38.7 Å². The molecule has 6 heteroatoms. The quantitative estimate of drug-likeness (QED) is 0.787. The summed E-state index contributed by atoms with van der Waals surface area (Å²) in [5, 5.41) is 8.35. The Balaban J connectivity index is 2.20. The van der Waals surface area contributed by atoms with Crippen LogP contribution in [-0.2, 0) is 0 Å². The largest absolute Gasteiger partial charge is 0.370 e. The first kappa shape index (κ1) is 10.6. The molecule has 0 saturated heterocycles. The Bertz CT molecular complexity index is 630. The van der Waals surface area contributed by atoms with Gasteiger partial charge in [-0.3, -0.25) is 0 Å². The van der Waals surface area contributed by atoms with E-state index < -0.39 is 0 Å². The summed E-state index contributed by atoms with van der Waals surface area (Å²) < 4.78 is 0. The van der Waals surface area contributed by atoms with E-state index in [0.717, 1.165) is 28.3 Å². The third-order valence-electron chi connectivity index (χ3n) is 2.33. The van der Waals surface area contributed by atoms with E-state index in [2.05, 4.69) is 27.2 Å². The van der Waals surface area contributed by atoms with Gasteiger partial charge in [0.25, 0.3) is 0 Å². The maximum absolute atomic E-state index is 4.53. The standard InChI is InChI=1S/C11H10N4S2/c1-2-12-9-7-3-4-17-11(7)15-10(14-9)8-5-16-6-13-8/h3-6H,2H2,1H3,(H,12,14,15). The molecule has 0 radical (unpaired) electrons. The molecule has 0 fully saturated rings. The molecule has 0 aliphatic carbocycles. The summed E-state index contributed by atoms with van der Waals surface area (Å²) in [6, 6.07) is 2.04. The minimum atomic E-state index is 0.692. The van der Waals surface area contributed by atoms with Gasteiger partial charge in [-0.25, -0.2) is 15.0 Å². The van der Waals surface area contributed by atoms with Crippen LogP contribution in [0.15, 0.2) is 22.3 Å². The molecule has 86 valence electrons. The van der Waals surface area contributed by atoms with Crippen molar-refractivity contribution in [1.82, 2.24) is 15.0 Å². The Kier molecular flexibility index (Phi) is 2.74. The van der Waals surface area contributed by atoms with Crippen LogP contribution in [0, 0.1) is 0 Å². The maximum Gasteiger partial charge on any atom is 0.182 e. The molecule has 0 aliphatic heterocycles. The van der Waals surface area contributed by atoms with Gasteiger partial charge in [0.15, 0.2) is 5.82 Å². The van der Waals surface area contributed by atoms with Crippen LogP contribution in [0.3, 0.4) is 0 Å². The van der Waals surface area contributed by atoms with Gasteiger partial charge in [-0.2, -0.15) is 0 Å². The molecule has 3 heterocycles. The van der Waals surface area contributed by atoms with Crippen molar-refractivity contribution in [2.24, 2.45) is 0 Å². The molecule has 3 aromatic rings. The average molecular weight is 262 g/mol. The van der Waals surface area contributed by atoms with Gasteiger partial charge in [0.2, 0.25) is 0 Å². The van der Waals surface area contributed by atoms with Gasteiger partial charge in [0.1, 0.15) is 16.3 Å². The fourth-order valence-electron chi connectivity index (χ4n) is 1.60. The summed E-state index contributed by atoms with van der Waals surface area (Å²) >= 11 is 3.18. The van der Waals surface area contributed by atoms with Crippen LogP contribution in [0.1, 0.15) is 6.92 Å². The minimum absolute atomic E-state index is 0.692. The molecule has 17 heavy (non-hydrogen) atoms. The Labute approximate surface area is 106 Å². The van der Waals surface area contributed by atoms with Gasteiger partial charge >= 0.3 is 0 Å². The molecular weight excluding hydrogens is 252 g/mol. The summed E-state index contributed by atoms with van der Waals surface area (Å²) in [4.78, 5) is 14.3. The molecular formula is C11H10N4S2. The van der Waals surface area contributed by atoms with Gasteiger partial charge in [-0.05, 0) is 18.4 Å². The number of thiazole rings is 1. The fourth-order valence-corrected chi connectivity index (χ4v) is 2.89. The summed E-state index contributed by atoms with van der Waals surface area (Å²) in [5.41, 5.74) is 2.63. The first-order valence-corrected chi connectivity index (χ1v) is 7.08. The summed E-state index contributed by atoms with van der Waals surface area (Å²) in [6.45, 7) is 2.90. The first-order chi connectivity index (χ1) is 8.38. The third kappa shape index (κ3) is 1.89. The Morgan fingerprint density at radius 3 is 3.06 bits per heavy atom. The number of thiophene rings is 1.